The van der Waals surface area contributed by atoms with Gasteiger partial charge in [-0.3, -0.25) is 14.7 Å². The SMILES string of the molecule is CNC(=O)c1cc(Cl)cc(C)c1NC(=O)c1ccn[nH]1. The summed E-state index contributed by atoms with van der Waals surface area (Å²) in [6.45, 7) is 1.76. The average molecular weight is 293 g/mol. The maximum Gasteiger partial charge on any atom is 0.273 e. The summed E-state index contributed by atoms with van der Waals surface area (Å²) in [6, 6.07) is 4.73. The molecule has 0 aliphatic carbocycles. The van der Waals surface area contributed by atoms with Gasteiger partial charge in [-0.15, -0.1) is 0 Å². The molecule has 0 atom stereocenters. The highest BCUT2D eigenvalue weighted by Crippen LogP contribution is 2.26. The number of hydrogen-bond donors (Lipinski definition) is 3. The summed E-state index contributed by atoms with van der Waals surface area (Å²) in [5.41, 5.74) is 1.74. The predicted molar refractivity (Wildman–Crippen MR) is 76.1 cm³/mol. The number of rotatable bonds is 3. The van der Waals surface area contributed by atoms with Crippen LogP contribution in [0.2, 0.25) is 5.02 Å². The van der Waals surface area contributed by atoms with Crippen LogP contribution >= 0.6 is 11.6 Å². The van der Waals surface area contributed by atoms with E-state index in [-0.39, 0.29) is 11.8 Å². The predicted octanol–water partition coefficient (Wildman–Crippen LogP) is 1.98. The van der Waals surface area contributed by atoms with Crippen molar-refractivity contribution in [1.29, 1.82) is 0 Å². The number of nitrogens with zero attached hydrogens (tertiary/aromatic N) is 1. The molecule has 0 spiro atoms. The molecule has 1 heterocycles. The molecule has 3 N–H and O–H groups in total. The topological polar surface area (TPSA) is 86.9 Å². The van der Waals surface area contributed by atoms with Gasteiger partial charge in [-0.05, 0) is 30.7 Å². The van der Waals surface area contributed by atoms with E-state index < -0.39 is 0 Å². The molecular formula is C13H13ClN4O2. The highest BCUT2D eigenvalue weighted by molar-refractivity contribution is 6.31. The molecular weight excluding hydrogens is 280 g/mol. The van der Waals surface area contributed by atoms with Gasteiger partial charge in [-0.1, -0.05) is 11.6 Å². The molecule has 0 aliphatic rings. The van der Waals surface area contributed by atoms with Gasteiger partial charge in [0.25, 0.3) is 11.8 Å². The van der Waals surface area contributed by atoms with Crippen molar-refractivity contribution < 1.29 is 9.59 Å². The van der Waals surface area contributed by atoms with Gasteiger partial charge in [-0.2, -0.15) is 5.10 Å². The van der Waals surface area contributed by atoms with Gasteiger partial charge in [0.05, 0.1) is 11.3 Å². The molecule has 6 nitrogen and oxygen atoms in total. The van der Waals surface area contributed by atoms with E-state index in [4.69, 9.17) is 11.6 Å². The lowest BCUT2D eigenvalue weighted by molar-refractivity contribution is 0.0964. The number of nitrogens with one attached hydrogen (secondary N) is 3. The summed E-state index contributed by atoms with van der Waals surface area (Å²) in [7, 11) is 1.51. The number of aryl methyl sites for hydroxylation is 1. The lowest BCUT2D eigenvalue weighted by Crippen LogP contribution is -2.22. The Morgan fingerprint density at radius 3 is 2.65 bits per heavy atom. The smallest absolute Gasteiger partial charge is 0.273 e. The molecule has 20 heavy (non-hydrogen) atoms. The van der Waals surface area contributed by atoms with E-state index in [0.29, 0.717) is 27.5 Å². The number of halogens is 1. The summed E-state index contributed by atoms with van der Waals surface area (Å²) < 4.78 is 0. The Morgan fingerprint density at radius 2 is 2.05 bits per heavy atom. The van der Waals surface area contributed by atoms with E-state index >= 15 is 0 Å². The number of carbonyl (C=O) groups is 2. The van der Waals surface area contributed by atoms with Gasteiger partial charge in [-0.25, -0.2) is 0 Å². The van der Waals surface area contributed by atoms with Crippen LogP contribution in [0.5, 0.6) is 0 Å². The van der Waals surface area contributed by atoms with Crippen molar-refractivity contribution in [3.63, 3.8) is 0 Å². The second kappa shape index (κ2) is 5.75. The first kappa shape index (κ1) is 14.1. The van der Waals surface area contributed by atoms with Gasteiger partial charge in [0.1, 0.15) is 5.69 Å². The van der Waals surface area contributed by atoms with Crippen LogP contribution in [0.25, 0.3) is 0 Å². The number of hydrogen-bond acceptors (Lipinski definition) is 3. The van der Waals surface area contributed by atoms with Gasteiger partial charge in [0.2, 0.25) is 0 Å². The Morgan fingerprint density at radius 1 is 1.30 bits per heavy atom. The van der Waals surface area contributed by atoms with Crippen molar-refractivity contribution in [3.8, 4) is 0 Å². The minimum Gasteiger partial charge on any atom is -0.355 e. The number of carbonyl (C=O) groups excluding carboxylic acids is 2. The first-order valence-electron chi connectivity index (χ1n) is 5.86. The zero-order valence-corrected chi connectivity index (χ0v) is 11.7. The number of anilines is 1. The fourth-order valence-electron chi connectivity index (χ4n) is 1.79. The number of aromatic amines is 1. The molecule has 0 aliphatic heterocycles. The number of H-pyrrole nitrogens is 1. The van der Waals surface area contributed by atoms with Gasteiger partial charge in [0.15, 0.2) is 0 Å². The number of benzene rings is 1. The maximum atomic E-state index is 12.0. The van der Waals surface area contributed by atoms with E-state index in [1.807, 2.05) is 0 Å². The molecule has 0 unspecified atom stereocenters. The van der Waals surface area contributed by atoms with E-state index in [9.17, 15) is 9.59 Å². The molecule has 1 aromatic heterocycles. The number of amides is 2. The third-order valence-electron chi connectivity index (χ3n) is 2.76. The zero-order valence-electron chi connectivity index (χ0n) is 11.0. The van der Waals surface area contributed by atoms with E-state index in [0.717, 1.165) is 0 Å². The molecule has 0 saturated carbocycles. The van der Waals surface area contributed by atoms with Crippen molar-refractivity contribution in [2.45, 2.75) is 6.92 Å². The summed E-state index contributed by atoms with van der Waals surface area (Å²) in [5, 5.41) is 11.9. The first-order valence-corrected chi connectivity index (χ1v) is 6.23. The molecule has 2 amide bonds. The molecule has 0 saturated heterocycles. The second-order valence-corrected chi connectivity index (χ2v) is 4.59. The second-order valence-electron chi connectivity index (χ2n) is 4.15. The summed E-state index contributed by atoms with van der Waals surface area (Å²) in [5.74, 6) is -0.700. The lowest BCUT2D eigenvalue weighted by Gasteiger charge is -2.13. The fourth-order valence-corrected chi connectivity index (χ4v) is 2.06. The van der Waals surface area contributed by atoms with Gasteiger partial charge < -0.3 is 10.6 Å². The van der Waals surface area contributed by atoms with Crippen LogP contribution in [0, 0.1) is 6.92 Å². The van der Waals surface area contributed by atoms with Crippen LogP contribution in [-0.2, 0) is 0 Å². The van der Waals surface area contributed by atoms with E-state index in [1.165, 1.54) is 19.3 Å². The molecule has 2 rings (SSSR count). The van der Waals surface area contributed by atoms with Crippen LogP contribution in [0.15, 0.2) is 24.4 Å². The molecule has 7 heteroatoms. The third-order valence-corrected chi connectivity index (χ3v) is 2.97. The molecule has 2 aromatic rings. The van der Waals surface area contributed by atoms with Crippen molar-refractivity contribution in [2.75, 3.05) is 12.4 Å². The first-order chi connectivity index (χ1) is 9.52. The van der Waals surface area contributed by atoms with Crippen molar-refractivity contribution in [2.24, 2.45) is 0 Å². The Balaban J connectivity index is 2.40. The van der Waals surface area contributed by atoms with Crippen LogP contribution in [0.4, 0.5) is 5.69 Å². The Labute approximate surface area is 120 Å². The Hall–Kier alpha value is -2.34. The van der Waals surface area contributed by atoms with Crippen LogP contribution in [0.1, 0.15) is 26.4 Å². The van der Waals surface area contributed by atoms with Crippen molar-refractivity contribution in [3.05, 3.63) is 46.2 Å². The summed E-state index contributed by atoms with van der Waals surface area (Å²) >= 11 is 5.95. The maximum absolute atomic E-state index is 12.0. The largest absolute Gasteiger partial charge is 0.355 e. The summed E-state index contributed by atoms with van der Waals surface area (Å²) in [6.07, 6.45) is 1.48. The van der Waals surface area contributed by atoms with Crippen molar-refractivity contribution >= 4 is 29.1 Å². The van der Waals surface area contributed by atoms with E-state index in [1.54, 1.807) is 19.1 Å². The standard InChI is InChI=1S/C13H13ClN4O2/c1-7-5-8(14)6-9(12(19)15-2)11(7)17-13(20)10-3-4-16-18-10/h3-6H,1-2H3,(H,15,19)(H,16,18)(H,17,20). The monoisotopic (exact) mass is 292 g/mol. The molecule has 0 fully saturated rings. The quantitative estimate of drug-likeness (QED) is 0.808. The van der Waals surface area contributed by atoms with Crippen LogP contribution in [-0.4, -0.2) is 29.1 Å². The lowest BCUT2D eigenvalue weighted by atomic mass is 10.1. The van der Waals surface area contributed by atoms with Crippen molar-refractivity contribution in [1.82, 2.24) is 15.5 Å². The zero-order chi connectivity index (χ0) is 14.7. The molecule has 0 radical (unpaired) electrons. The molecule has 1 aromatic carbocycles. The van der Waals surface area contributed by atoms with Gasteiger partial charge in [0, 0.05) is 18.3 Å². The minimum atomic E-state index is -0.377. The van der Waals surface area contributed by atoms with Crippen LogP contribution in [0.3, 0.4) is 0 Å². The fraction of sp³-hybridized carbons (Fsp3) is 0.154. The normalized spacial score (nSPS) is 10.2. The Kier molecular flexibility index (Phi) is 4.05. The minimum absolute atomic E-state index is 0.308. The van der Waals surface area contributed by atoms with E-state index in [2.05, 4.69) is 20.8 Å². The highest BCUT2D eigenvalue weighted by Gasteiger charge is 2.17. The highest BCUT2D eigenvalue weighted by atomic mass is 35.5. The summed E-state index contributed by atoms with van der Waals surface area (Å²) in [4.78, 5) is 23.9. The average Bonchev–Trinajstić information content (AvgIpc) is 2.94. The van der Waals surface area contributed by atoms with Gasteiger partial charge >= 0.3 is 0 Å². The Bertz CT molecular complexity index is 653. The third kappa shape index (κ3) is 2.80. The number of aromatic nitrogens is 2. The molecule has 0 bridgehead atoms. The van der Waals surface area contributed by atoms with Crippen LogP contribution < -0.4 is 10.6 Å². The molecule has 104 valence electrons.